The minimum absolute atomic E-state index is 0.477. The lowest BCUT2D eigenvalue weighted by Crippen LogP contribution is -2.10. The summed E-state index contributed by atoms with van der Waals surface area (Å²) in [5.41, 5.74) is 5.00. The number of nitrogens with zero attached hydrogens (tertiary/aromatic N) is 2. The Bertz CT molecular complexity index is 2770. The Balaban J connectivity index is 1.24. The highest BCUT2D eigenvalue weighted by Crippen LogP contribution is 2.53. The van der Waals surface area contributed by atoms with E-state index in [9.17, 15) is 15.2 Å². The summed E-state index contributed by atoms with van der Waals surface area (Å²) in [7, 11) is 0. The number of hydrogen-bond donors (Lipinski definition) is 1. The molecule has 5 aromatic carbocycles. The number of benzene rings is 5. The SMILES string of the molecule is CCCCCCOc1c2cc(-c3cc(/C=C/C(=O)O)c(C#N)s3)sc2c(OCCCCCC)c2cc(-c3ccc(N(c4ccccc4)c4cccc5ccccc45)cc3)sc12. The van der Waals surface area contributed by atoms with Crippen molar-refractivity contribution >= 4 is 94.1 Å². The van der Waals surface area contributed by atoms with Crippen LogP contribution in [0.25, 0.3) is 57.2 Å². The van der Waals surface area contributed by atoms with Crippen molar-refractivity contribution in [1.29, 1.82) is 5.26 Å². The third kappa shape index (κ3) is 9.23. The Morgan fingerprint density at radius 2 is 1.25 bits per heavy atom. The fourth-order valence-corrected chi connectivity index (χ4v) is 11.1. The van der Waals surface area contributed by atoms with Gasteiger partial charge in [-0.3, -0.25) is 0 Å². The van der Waals surface area contributed by atoms with Crippen molar-refractivity contribution in [2.75, 3.05) is 18.1 Å². The first kappa shape index (κ1) is 41.8. The van der Waals surface area contributed by atoms with Crippen LogP contribution in [0.5, 0.6) is 11.5 Å². The molecule has 61 heavy (non-hydrogen) atoms. The van der Waals surface area contributed by atoms with E-state index in [0.29, 0.717) is 23.7 Å². The third-order valence-corrected chi connectivity index (χ3v) is 14.4. The molecule has 0 spiro atoms. The van der Waals surface area contributed by atoms with Crippen LogP contribution in [0.2, 0.25) is 0 Å². The second kappa shape index (κ2) is 19.6. The van der Waals surface area contributed by atoms with E-state index >= 15 is 0 Å². The molecule has 1 N–H and O–H groups in total. The summed E-state index contributed by atoms with van der Waals surface area (Å²) < 4.78 is 15.7. The van der Waals surface area contributed by atoms with Crippen LogP contribution in [-0.2, 0) is 4.79 Å². The molecule has 8 rings (SSSR count). The average molecular weight is 861 g/mol. The van der Waals surface area contributed by atoms with Crippen molar-refractivity contribution in [1.82, 2.24) is 0 Å². The number of ether oxygens (including phenoxy) is 2. The van der Waals surface area contributed by atoms with Gasteiger partial charge in [-0.25, -0.2) is 4.79 Å². The summed E-state index contributed by atoms with van der Waals surface area (Å²) in [6.45, 7) is 5.66. The Kier molecular flexibility index (Phi) is 13.5. The molecule has 3 heterocycles. The van der Waals surface area contributed by atoms with Gasteiger partial charge >= 0.3 is 5.97 Å². The lowest BCUT2D eigenvalue weighted by molar-refractivity contribution is -0.131. The van der Waals surface area contributed by atoms with Crippen LogP contribution in [0.15, 0.2) is 121 Å². The third-order valence-electron chi connectivity index (χ3n) is 10.8. The molecule has 0 aliphatic rings. The number of fused-ring (bicyclic) bond motifs is 3. The fourth-order valence-electron chi connectivity index (χ4n) is 7.74. The Morgan fingerprint density at radius 1 is 0.656 bits per heavy atom. The zero-order valence-corrected chi connectivity index (χ0v) is 36.9. The highest BCUT2D eigenvalue weighted by Gasteiger charge is 2.24. The van der Waals surface area contributed by atoms with Gasteiger partial charge in [0.05, 0.1) is 28.3 Å². The second-order valence-electron chi connectivity index (χ2n) is 15.1. The van der Waals surface area contributed by atoms with E-state index in [1.165, 1.54) is 41.0 Å². The zero-order valence-electron chi connectivity index (χ0n) is 34.5. The molecule has 308 valence electrons. The van der Waals surface area contributed by atoms with Gasteiger partial charge in [-0.1, -0.05) is 119 Å². The molecule has 0 atom stereocenters. The van der Waals surface area contributed by atoms with E-state index in [2.05, 4.69) is 134 Å². The van der Waals surface area contributed by atoms with E-state index in [4.69, 9.17) is 9.47 Å². The van der Waals surface area contributed by atoms with Crippen LogP contribution in [0.1, 0.15) is 75.7 Å². The monoisotopic (exact) mass is 860 g/mol. The number of aliphatic carboxylic acids is 1. The highest BCUT2D eigenvalue weighted by atomic mass is 32.1. The van der Waals surface area contributed by atoms with Crippen LogP contribution in [0.4, 0.5) is 17.1 Å². The van der Waals surface area contributed by atoms with Crippen molar-refractivity contribution in [3.63, 3.8) is 0 Å². The van der Waals surface area contributed by atoms with Gasteiger partial charge in [0.15, 0.2) is 0 Å². The van der Waals surface area contributed by atoms with Gasteiger partial charge in [-0.05, 0) is 78.4 Å². The summed E-state index contributed by atoms with van der Waals surface area (Å²) in [4.78, 5) is 17.2. The minimum atomic E-state index is -1.05. The molecule has 9 heteroatoms. The summed E-state index contributed by atoms with van der Waals surface area (Å²) in [5, 5.41) is 23.6. The van der Waals surface area contributed by atoms with Gasteiger partial charge in [0.25, 0.3) is 0 Å². The molecular formula is C52H48N2O4S3. The number of unbranched alkanes of at least 4 members (excludes halogenated alkanes) is 6. The molecule has 8 aromatic rings. The van der Waals surface area contributed by atoms with E-state index in [1.807, 2.05) is 6.07 Å². The summed E-state index contributed by atoms with van der Waals surface area (Å²) >= 11 is 4.75. The van der Waals surface area contributed by atoms with Crippen LogP contribution in [0.3, 0.4) is 0 Å². The van der Waals surface area contributed by atoms with Crippen molar-refractivity contribution in [3.8, 4) is 37.8 Å². The topological polar surface area (TPSA) is 82.8 Å². The molecule has 0 amide bonds. The van der Waals surface area contributed by atoms with Crippen molar-refractivity contribution in [3.05, 3.63) is 132 Å². The van der Waals surface area contributed by atoms with Crippen molar-refractivity contribution < 1.29 is 19.4 Å². The molecule has 6 nitrogen and oxygen atoms in total. The number of carboxylic acid groups (broad SMARTS) is 1. The lowest BCUT2D eigenvalue weighted by Gasteiger charge is -2.27. The number of nitriles is 1. The molecule has 0 saturated heterocycles. The van der Waals surface area contributed by atoms with Crippen LogP contribution in [-0.4, -0.2) is 24.3 Å². The van der Waals surface area contributed by atoms with Crippen LogP contribution < -0.4 is 14.4 Å². The van der Waals surface area contributed by atoms with E-state index in [-0.39, 0.29) is 0 Å². The van der Waals surface area contributed by atoms with Gasteiger partial charge in [0, 0.05) is 53.8 Å². The Labute approximate surface area is 369 Å². The quantitative estimate of drug-likeness (QED) is 0.0644. The lowest BCUT2D eigenvalue weighted by atomic mass is 10.1. The molecule has 0 saturated carbocycles. The van der Waals surface area contributed by atoms with Gasteiger partial charge in [-0.15, -0.1) is 34.0 Å². The summed E-state index contributed by atoms with van der Waals surface area (Å²) in [5.74, 6) is 0.680. The van der Waals surface area contributed by atoms with Crippen molar-refractivity contribution in [2.45, 2.75) is 65.2 Å². The molecule has 3 aromatic heterocycles. The number of rotatable bonds is 19. The maximum Gasteiger partial charge on any atom is 0.328 e. The number of carboxylic acids is 1. The number of para-hydroxylation sites is 1. The Morgan fingerprint density at radius 3 is 1.90 bits per heavy atom. The average Bonchev–Trinajstić information content (AvgIpc) is 4.04. The summed E-state index contributed by atoms with van der Waals surface area (Å²) in [6, 6.07) is 43.0. The minimum Gasteiger partial charge on any atom is -0.491 e. The predicted molar refractivity (Wildman–Crippen MR) is 259 cm³/mol. The molecular weight excluding hydrogens is 813 g/mol. The smallest absolute Gasteiger partial charge is 0.328 e. The van der Waals surface area contributed by atoms with Gasteiger partial charge in [0.2, 0.25) is 0 Å². The molecule has 0 bridgehead atoms. The Hall–Kier alpha value is -5.92. The number of hydrogen-bond acceptors (Lipinski definition) is 8. The first-order valence-corrected chi connectivity index (χ1v) is 23.6. The molecule has 0 aliphatic heterocycles. The van der Waals surface area contributed by atoms with Crippen LogP contribution in [0, 0.1) is 11.3 Å². The van der Waals surface area contributed by atoms with Crippen LogP contribution >= 0.6 is 34.0 Å². The highest BCUT2D eigenvalue weighted by molar-refractivity contribution is 7.27. The largest absolute Gasteiger partial charge is 0.491 e. The zero-order chi connectivity index (χ0) is 42.1. The predicted octanol–water partition coefficient (Wildman–Crippen LogP) is 16.0. The maximum atomic E-state index is 11.3. The molecule has 0 radical (unpaired) electrons. The van der Waals surface area contributed by atoms with Gasteiger partial charge < -0.3 is 19.5 Å². The maximum absolute atomic E-state index is 11.3. The normalized spacial score (nSPS) is 11.5. The van der Waals surface area contributed by atoms with E-state index in [0.717, 1.165) is 114 Å². The van der Waals surface area contributed by atoms with Gasteiger partial charge in [0.1, 0.15) is 22.4 Å². The first-order chi connectivity index (χ1) is 30.0. The van der Waals surface area contributed by atoms with E-state index < -0.39 is 5.97 Å². The molecule has 0 fully saturated rings. The summed E-state index contributed by atoms with van der Waals surface area (Å²) in [6.07, 6.45) is 11.4. The number of thiophene rings is 3. The molecule has 0 aliphatic carbocycles. The second-order valence-corrected chi connectivity index (χ2v) is 18.2. The standard InChI is InChI=1S/C52H48N2O4S3/c1-3-5-7-14-29-57-49-41-32-44(36-23-26-39(27-24-36)54(38-19-10-9-11-20-38)43-22-16-18-35-17-12-13-21-40(35)43)60-51(41)50(58-30-15-8-6-4-2)42-33-46(61-52(42)49)45-31-37(25-28-48(55)56)47(34-53)59-45/h9-13,16-28,31-33H,3-8,14-15,29-30H2,1-2H3,(H,55,56)/b28-25+. The van der Waals surface area contributed by atoms with Gasteiger partial charge in [-0.2, -0.15) is 5.26 Å². The van der Waals surface area contributed by atoms with E-state index in [1.54, 1.807) is 22.7 Å². The van der Waals surface area contributed by atoms with Crippen molar-refractivity contribution in [2.24, 2.45) is 0 Å². The first-order valence-electron chi connectivity index (χ1n) is 21.1. The number of anilines is 3. The molecule has 0 unspecified atom stereocenters. The fraction of sp³-hybridized carbons (Fsp3) is 0.231. The number of carbonyl (C=O) groups is 1.